The van der Waals surface area contributed by atoms with Crippen molar-refractivity contribution >= 4 is 27.5 Å². The molecule has 0 atom stereocenters. The van der Waals surface area contributed by atoms with Crippen LogP contribution in [0.4, 0.5) is 4.39 Å². The predicted molar refractivity (Wildman–Crippen MR) is 83.1 cm³/mol. The van der Waals surface area contributed by atoms with Gasteiger partial charge in [0.15, 0.2) is 5.65 Å². The summed E-state index contributed by atoms with van der Waals surface area (Å²) in [4.78, 5) is 12.0. The van der Waals surface area contributed by atoms with E-state index in [1.54, 1.807) is 6.07 Å². The molecule has 5 nitrogen and oxygen atoms in total. The minimum Gasteiger partial charge on any atom is -0.351 e. The maximum atomic E-state index is 13.7. The molecule has 0 fully saturated rings. The maximum absolute atomic E-state index is 13.7. The number of hydrogen-bond donors (Lipinski definition) is 1. The van der Waals surface area contributed by atoms with E-state index in [9.17, 15) is 9.18 Å². The fourth-order valence-corrected chi connectivity index (χ4v) is 2.45. The SMILES string of the molecule is O=C(NCCc1nnc2ccccn12)c1ccc(Br)cc1F. The quantitative estimate of drug-likeness (QED) is 0.775. The van der Waals surface area contributed by atoms with E-state index in [-0.39, 0.29) is 5.56 Å². The third kappa shape index (κ3) is 2.99. The highest BCUT2D eigenvalue weighted by molar-refractivity contribution is 9.10. The lowest BCUT2D eigenvalue weighted by molar-refractivity contribution is 0.0950. The van der Waals surface area contributed by atoms with Gasteiger partial charge < -0.3 is 5.32 Å². The van der Waals surface area contributed by atoms with Crippen molar-refractivity contribution in [2.75, 3.05) is 6.54 Å². The Bertz CT molecular complexity index is 833. The van der Waals surface area contributed by atoms with Crippen molar-refractivity contribution in [3.05, 3.63) is 64.3 Å². The van der Waals surface area contributed by atoms with Crippen LogP contribution in [0.3, 0.4) is 0 Å². The summed E-state index contributed by atoms with van der Waals surface area (Å²) in [5.74, 6) is -0.259. The van der Waals surface area contributed by atoms with Crippen LogP contribution in [0.1, 0.15) is 16.2 Å². The van der Waals surface area contributed by atoms with Crippen molar-refractivity contribution < 1.29 is 9.18 Å². The largest absolute Gasteiger partial charge is 0.351 e. The number of fused-ring (bicyclic) bond motifs is 1. The number of nitrogens with zero attached hydrogens (tertiary/aromatic N) is 3. The van der Waals surface area contributed by atoms with Crippen LogP contribution < -0.4 is 5.32 Å². The number of carbonyl (C=O) groups is 1. The van der Waals surface area contributed by atoms with Gasteiger partial charge in [-0.05, 0) is 30.3 Å². The first kappa shape index (κ1) is 14.6. The van der Waals surface area contributed by atoms with Crippen LogP contribution in [0, 0.1) is 5.82 Å². The van der Waals surface area contributed by atoms with Crippen molar-refractivity contribution in [3.63, 3.8) is 0 Å². The smallest absolute Gasteiger partial charge is 0.254 e. The van der Waals surface area contributed by atoms with Crippen LogP contribution in [-0.4, -0.2) is 27.0 Å². The summed E-state index contributed by atoms with van der Waals surface area (Å²) >= 11 is 3.16. The van der Waals surface area contributed by atoms with Crippen LogP contribution in [0.25, 0.3) is 5.65 Å². The summed E-state index contributed by atoms with van der Waals surface area (Å²) in [7, 11) is 0. The molecule has 3 aromatic rings. The van der Waals surface area contributed by atoms with Gasteiger partial charge in [0.05, 0.1) is 5.56 Å². The fourth-order valence-electron chi connectivity index (χ4n) is 2.12. The third-order valence-electron chi connectivity index (χ3n) is 3.19. The normalized spacial score (nSPS) is 10.8. The highest BCUT2D eigenvalue weighted by Crippen LogP contribution is 2.15. The lowest BCUT2D eigenvalue weighted by Gasteiger charge is -2.06. The molecular formula is C15H12BrFN4O. The molecule has 2 heterocycles. The molecule has 112 valence electrons. The Morgan fingerprint density at radius 2 is 2.14 bits per heavy atom. The molecule has 0 saturated heterocycles. The van der Waals surface area contributed by atoms with Gasteiger partial charge in [0.1, 0.15) is 11.6 Å². The summed E-state index contributed by atoms with van der Waals surface area (Å²) in [6.07, 6.45) is 2.37. The molecule has 0 radical (unpaired) electrons. The summed E-state index contributed by atoms with van der Waals surface area (Å²) in [6, 6.07) is 9.96. The number of carbonyl (C=O) groups excluding carboxylic acids is 1. The summed E-state index contributed by atoms with van der Waals surface area (Å²) in [6.45, 7) is 0.351. The Balaban J connectivity index is 1.64. The average Bonchev–Trinajstić information content (AvgIpc) is 2.90. The zero-order chi connectivity index (χ0) is 15.5. The van der Waals surface area contributed by atoms with Crippen molar-refractivity contribution in [1.82, 2.24) is 19.9 Å². The number of hydrogen-bond acceptors (Lipinski definition) is 3. The topological polar surface area (TPSA) is 59.3 Å². The number of amides is 1. The van der Waals surface area contributed by atoms with Crippen molar-refractivity contribution in [1.29, 1.82) is 0 Å². The second kappa shape index (κ2) is 6.23. The van der Waals surface area contributed by atoms with E-state index in [0.29, 0.717) is 17.4 Å². The van der Waals surface area contributed by atoms with Gasteiger partial charge in [0.25, 0.3) is 5.91 Å². The van der Waals surface area contributed by atoms with Crippen LogP contribution in [0.2, 0.25) is 0 Å². The molecule has 0 unspecified atom stereocenters. The minimum absolute atomic E-state index is 0.0225. The summed E-state index contributed by atoms with van der Waals surface area (Å²) < 4.78 is 16.1. The first-order valence-electron chi connectivity index (χ1n) is 6.67. The van der Waals surface area contributed by atoms with Gasteiger partial charge in [-0.3, -0.25) is 9.20 Å². The van der Waals surface area contributed by atoms with Gasteiger partial charge in [-0.15, -0.1) is 10.2 Å². The summed E-state index contributed by atoms with van der Waals surface area (Å²) in [5, 5.41) is 10.8. The van der Waals surface area contributed by atoms with E-state index in [1.165, 1.54) is 12.1 Å². The van der Waals surface area contributed by atoms with Crippen LogP contribution in [0.15, 0.2) is 47.1 Å². The molecule has 0 aliphatic rings. The second-order valence-corrected chi connectivity index (χ2v) is 5.59. The van der Waals surface area contributed by atoms with E-state index < -0.39 is 11.7 Å². The van der Waals surface area contributed by atoms with E-state index in [2.05, 4.69) is 31.4 Å². The lowest BCUT2D eigenvalue weighted by atomic mass is 10.2. The van der Waals surface area contributed by atoms with Gasteiger partial charge in [-0.25, -0.2) is 4.39 Å². The third-order valence-corrected chi connectivity index (χ3v) is 3.69. The molecule has 1 amide bonds. The van der Waals surface area contributed by atoms with Crippen molar-refractivity contribution in [3.8, 4) is 0 Å². The van der Waals surface area contributed by atoms with Gasteiger partial charge in [-0.1, -0.05) is 22.0 Å². The Labute approximate surface area is 134 Å². The second-order valence-electron chi connectivity index (χ2n) is 4.68. The van der Waals surface area contributed by atoms with Gasteiger partial charge >= 0.3 is 0 Å². The van der Waals surface area contributed by atoms with Crippen LogP contribution in [0.5, 0.6) is 0 Å². The first-order chi connectivity index (χ1) is 10.6. The lowest BCUT2D eigenvalue weighted by Crippen LogP contribution is -2.27. The Kier molecular flexibility index (Phi) is 4.15. The van der Waals surface area contributed by atoms with Gasteiger partial charge in [0, 0.05) is 23.6 Å². The molecule has 1 aromatic carbocycles. The monoisotopic (exact) mass is 362 g/mol. The highest BCUT2D eigenvalue weighted by Gasteiger charge is 2.12. The molecule has 1 N–H and O–H groups in total. The Morgan fingerprint density at radius 3 is 2.95 bits per heavy atom. The highest BCUT2D eigenvalue weighted by atomic mass is 79.9. The average molecular weight is 363 g/mol. The molecule has 7 heteroatoms. The van der Waals surface area contributed by atoms with Crippen molar-refractivity contribution in [2.45, 2.75) is 6.42 Å². The van der Waals surface area contributed by atoms with Gasteiger partial charge in [0.2, 0.25) is 0 Å². The number of benzene rings is 1. The zero-order valence-electron chi connectivity index (χ0n) is 11.5. The number of pyridine rings is 1. The molecule has 2 aromatic heterocycles. The maximum Gasteiger partial charge on any atom is 0.254 e. The molecule has 0 aliphatic heterocycles. The first-order valence-corrected chi connectivity index (χ1v) is 7.46. The van der Waals surface area contributed by atoms with Crippen LogP contribution in [-0.2, 0) is 6.42 Å². The molecule has 0 bridgehead atoms. The summed E-state index contributed by atoms with van der Waals surface area (Å²) in [5.41, 5.74) is 0.775. The fraction of sp³-hybridized carbons (Fsp3) is 0.133. The minimum atomic E-state index is -0.556. The number of rotatable bonds is 4. The molecule has 0 saturated carbocycles. The van der Waals surface area contributed by atoms with E-state index >= 15 is 0 Å². The molecule has 0 spiro atoms. The van der Waals surface area contributed by atoms with E-state index in [4.69, 9.17) is 0 Å². The molecule has 3 rings (SSSR count). The molecular weight excluding hydrogens is 351 g/mol. The number of aromatic nitrogens is 3. The predicted octanol–water partition coefficient (Wildman–Crippen LogP) is 2.60. The zero-order valence-corrected chi connectivity index (χ0v) is 13.0. The Morgan fingerprint density at radius 1 is 1.27 bits per heavy atom. The van der Waals surface area contributed by atoms with Crippen LogP contribution >= 0.6 is 15.9 Å². The number of nitrogens with one attached hydrogen (secondary N) is 1. The standard InChI is InChI=1S/C15H12BrFN4O/c16-10-4-5-11(12(17)9-10)15(22)18-7-6-14-20-19-13-3-1-2-8-21(13)14/h1-5,8-9H,6-7H2,(H,18,22). The van der Waals surface area contributed by atoms with E-state index in [0.717, 1.165) is 11.5 Å². The molecule has 22 heavy (non-hydrogen) atoms. The Hall–Kier alpha value is -2.28. The van der Waals surface area contributed by atoms with Gasteiger partial charge in [-0.2, -0.15) is 0 Å². The molecule has 0 aliphatic carbocycles. The number of halogens is 2. The van der Waals surface area contributed by atoms with E-state index in [1.807, 2.05) is 28.8 Å². The van der Waals surface area contributed by atoms with Crippen molar-refractivity contribution in [2.24, 2.45) is 0 Å².